The van der Waals surface area contributed by atoms with Crippen molar-refractivity contribution in [2.75, 3.05) is 32.1 Å². The minimum atomic E-state index is -2.97. The van der Waals surface area contributed by atoms with E-state index in [0.717, 1.165) is 15.2 Å². The minimum absolute atomic E-state index is 0.00922. The Morgan fingerprint density at radius 3 is 2.35 bits per heavy atom. The smallest absolute Gasteiger partial charge is 0.330 e. The summed E-state index contributed by atoms with van der Waals surface area (Å²) in [6, 6.07) is 11.4. The lowest BCUT2D eigenvalue weighted by atomic mass is 9.97. The largest absolute Gasteiger partial charge is 0.480 e. The fourth-order valence-corrected chi connectivity index (χ4v) is 6.91. The van der Waals surface area contributed by atoms with E-state index in [2.05, 4.69) is 20.2 Å². The van der Waals surface area contributed by atoms with E-state index in [4.69, 9.17) is 37.7 Å². The Kier molecular flexibility index (Phi) is 10.9. The number of nitrogens with zero attached hydrogens (tertiary/aromatic N) is 6. The number of piperidine rings is 1. The summed E-state index contributed by atoms with van der Waals surface area (Å²) >= 11 is 13.9. The molecule has 1 N–H and O–H groups in total. The normalized spacial score (nSPS) is 13.9. The summed E-state index contributed by atoms with van der Waals surface area (Å²) < 4.78 is 40.6. The fourth-order valence-electron chi connectivity index (χ4n) is 6.31. The van der Waals surface area contributed by atoms with Crippen molar-refractivity contribution in [3.8, 4) is 28.3 Å². The van der Waals surface area contributed by atoms with Gasteiger partial charge in [0.1, 0.15) is 22.6 Å². The van der Waals surface area contributed by atoms with E-state index in [0.29, 0.717) is 78.1 Å². The van der Waals surface area contributed by atoms with Crippen LogP contribution >= 0.6 is 23.2 Å². The third-order valence-corrected chi connectivity index (χ3v) is 9.91. The number of aryl methyl sites for hydroxylation is 1. The van der Waals surface area contributed by atoms with Crippen LogP contribution in [0.5, 0.6) is 5.88 Å². The van der Waals surface area contributed by atoms with E-state index in [1.807, 2.05) is 0 Å². The molecule has 0 bridgehead atoms. The molecule has 0 radical (unpaired) electrons. The molecule has 4 heterocycles. The Balaban J connectivity index is 1.31. The molecule has 0 saturated carbocycles. The standard InChI is InChI=1S/C36H35Cl2F2N7O5/c1-5-52-35(49)19-12-14-47(15-13-19)18-26-33(51-4)44-25(17-41-26)22-10-6-8-20(29(22)37)21-9-7-11-23(30(21)38)42-32-28-27(16-24(43-32)31(39)40)45(2)36(50)46(3)34(28)48/h6-11,16-17,19,31H,5,12-15,18H2,1-4H3,(H,42,43). The van der Waals surface area contributed by atoms with Gasteiger partial charge in [0, 0.05) is 37.3 Å². The first-order chi connectivity index (χ1) is 24.9. The Bertz CT molecular complexity index is 2290. The number of halogens is 4. The van der Waals surface area contributed by atoms with Crippen LogP contribution in [0, 0.1) is 5.92 Å². The zero-order chi connectivity index (χ0) is 37.3. The van der Waals surface area contributed by atoms with Gasteiger partial charge >= 0.3 is 11.7 Å². The highest BCUT2D eigenvalue weighted by Gasteiger charge is 2.27. The van der Waals surface area contributed by atoms with Crippen LogP contribution in [0.4, 0.5) is 20.3 Å². The number of nitrogens with one attached hydrogen (secondary N) is 1. The predicted molar refractivity (Wildman–Crippen MR) is 195 cm³/mol. The molecule has 0 unspecified atom stereocenters. The summed E-state index contributed by atoms with van der Waals surface area (Å²) in [5.74, 6) is -0.109. The summed E-state index contributed by atoms with van der Waals surface area (Å²) in [4.78, 5) is 53.6. The van der Waals surface area contributed by atoms with Gasteiger partial charge in [-0.05, 0) is 45.0 Å². The number of carbonyl (C=O) groups is 1. The van der Waals surface area contributed by atoms with Crippen molar-refractivity contribution in [1.82, 2.24) is 29.0 Å². The average Bonchev–Trinajstić information content (AvgIpc) is 3.14. The Morgan fingerprint density at radius 1 is 1.00 bits per heavy atom. The van der Waals surface area contributed by atoms with Gasteiger partial charge in [-0.3, -0.25) is 28.6 Å². The van der Waals surface area contributed by atoms with Gasteiger partial charge in [0.05, 0.1) is 52.8 Å². The number of aromatic nitrogens is 5. The molecule has 6 rings (SSSR count). The monoisotopic (exact) mass is 753 g/mol. The molecule has 1 aliphatic heterocycles. The van der Waals surface area contributed by atoms with Gasteiger partial charge in [-0.1, -0.05) is 53.5 Å². The first-order valence-corrected chi connectivity index (χ1v) is 17.2. The molecular weight excluding hydrogens is 719 g/mol. The molecule has 0 atom stereocenters. The summed E-state index contributed by atoms with van der Waals surface area (Å²) in [7, 11) is 4.20. The van der Waals surface area contributed by atoms with Crippen LogP contribution in [-0.2, 0) is 30.2 Å². The van der Waals surface area contributed by atoms with E-state index in [1.54, 1.807) is 49.5 Å². The molecule has 3 aromatic heterocycles. The van der Waals surface area contributed by atoms with Gasteiger partial charge in [0.15, 0.2) is 0 Å². The Labute approximate surface area is 306 Å². The first-order valence-electron chi connectivity index (χ1n) is 16.5. The molecule has 1 fully saturated rings. The van der Waals surface area contributed by atoms with Crippen molar-refractivity contribution in [2.45, 2.75) is 32.7 Å². The number of rotatable bonds is 10. The number of hydrogen-bond acceptors (Lipinski definition) is 10. The van der Waals surface area contributed by atoms with Crippen molar-refractivity contribution in [3.63, 3.8) is 0 Å². The number of benzene rings is 2. The van der Waals surface area contributed by atoms with E-state index >= 15 is 0 Å². The van der Waals surface area contributed by atoms with E-state index in [-0.39, 0.29) is 39.3 Å². The highest BCUT2D eigenvalue weighted by atomic mass is 35.5. The van der Waals surface area contributed by atoms with E-state index in [1.165, 1.54) is 21.2 Å². The molecule has 5 aromatic rings. The molecule has 16 heteroatoms. The van der Waals surface area contributed by atoms with Gasteiger partial charge in [-0.15, -0.1) is 0 Å². The van der Waals surface area contributed by atoms with Crippen LogP contribution < -0.4 is 21.3 Å². The van der Waals surface area contributed by atoms with E-state index < -0.39 is 23.4 Å². The summed E-state index contributed by atoms with van der Waals surface area (Å²) in [5, 5.41) is 3.38. The number of anilines is 2. The van der Waals surface area contributed by atoms with Crippen molar-refractivity contribution >= 4 is 51.6 Å². The molecule has 1 saturated heterocycles. The van der Waals surface area contributed by atoms with E-state index in [9.17, 15) is 23.2 Å². The third kappa shape index (κ3) is 7.10. The second kappa shape index (κ2) is 15.4. The minimum Gasteiger partial charge on any atom is -0.480 e. The Hall–Kier alpha value is -4.92. The highest BCUT2D eigenvalue weighted by molar-refractivity contribution is 6.39. The topological polar surface area (TPSA) is 133 Å². The van der Waals surface area contributed by atoms with Gasteiger partial charge in [0.25, 0.3) is 12.0 Å². The fraction of sp³-hybridized carbons (Fsp3) is 0.333. The summed E-state index contributed by atoms with van der Waals surface area (Å²) in [6.45, 7) is 4.07. The van der Waals surface area contributed by atoms with Crippen molar-refractivity contribution in [2.24, 2.45) is 20.0 Å². The molecule has 1 aliphatic rings. The third-order valence-electron chi connectivity index (χ3n) is 9.10. The number of alkyl halides is 2. The first kappa shape index (κ1) is 36.9. The lowest BCUT2D eigenvalue weighted by molar-refractivity contribution is -0.149. The lowest BCUT2D eigenvalue weighted by Crippen LogP contribution is -2.37. The zero-order valence-electron chi connectivity index (χ0n) is 28.8. The van der Waals surface area contributed by atoms with Gasteiger partial charge in [-0.2, -0.15) is 0 Å². The number of hydrogen-bond donors (Lipinski definition) is 1. The lowest BCUT2D eigenvalue weighted by Gasteiger charge is -2.30. The molecule has 0 spiro atoms. The van der Waals surface area contributed by atoms with Crippen LogP contribution in [0.15, 0.2) is 58.3 Å². The number of ether oxygens (including phenoxy) is 2. The summed E-state index contributed by atoms with van der Waals surface area (Å²) in [5.41, 5.74) is 0.938. The molecule has 272 valence electrons. The maximum absolute atomic E-state index is 13.9. The van der Waals surface area contributed by atoms with Gasteiger partial charge < -0.3 is 14.8 Å². The molecule has 52 heavy (non-hydrogen) atoms. The van der Waals surface area contributed by atoms with Crippen LogP contribution in [0.1, 0.15) is 37.6 Å². The number of pyridine rings is 1. The molecule has 2 aromatic carbocycles. The maximum Gasteiger partial charge on any atom is 0.330 e. The van der Waals surface area contributed by atoms with Crippen molar-refractivity contribution in [3.05, 3.63) is 90.9 Å². The van der Waals surface area contributed by atoms with Crippen LogP contribution in [-0.4, -0.2) is 61.8 Å². The number of likely N-dealkylation sites (tertiary alicyclic amines) is 1. The quantitative estimate of drug-likeness (QED) is 0.157. The average molecular weight is 755 g/mol. The van der Waals surface area contributed by atoms with Crippen LogP contribution in [0.3, 0.4) is 0 Å². The van der Waals surface area contributed by atoms with Gasteiger partial charge in [-0.25, -0.2) is 23.5 Å². The predicted octanol–water partition coefficient (Wildman–Crippen LogP) is 6.53. The van der Waals surface area contributed by atoms with Gasteiger partial charge in [0.2, 0.25) is 5.88 Å². The number of carbonyl (C=O) groups excluding carboxylic acids is 1. The number of fused-ring (bicyclic) bond motifs is 1. The van der Waals surface area contributed by atoms with Crippen molar-refractivity contribution < 1.29 is 23.0 Å². The highest BCUT2D eigenvalue weighted by Crippen LogP contribution is 2.42. The number of methoxy groups -OCH3 is 1. The van der Waals surface area contributed by atoms with Crippen LogP contribution in [0.2, 0.25) is 10.0 Å². The Morgan fingerprint density at radius 2 is 1.67 bits per heavy atom. The molecular formula is C36H35Cl2F2N7O5. The second-order valence-corrected chi connectivity index (χ2v) is 13.0. The SMILES string of the molecule is CCOC(=O)C1CCN(Cc2ncc(-c3cccc(-c4cccc(Nc5nc(C(F)F)cc6c5c(=O)n(C)c(=O)n6C)c4Cl)c3Cl)nc2OC)CC1. The van der Waals surface area contributed by atoms with Crippen LogP contribution in [0.25, 0.3) is 33.3 Å². The molecule has 0 aliphatic carbocycles. The maximum atomic E-state index is 13.9. The molecule has 0 amide bonds. The number of esters is 1. The second-order valence-electron chi connectivity index (χ2n) is 12.3. The molecule has 12 nitrogen and oxygen atoms in total. The zero-order valence-corrected chi connectivity index (χ0v) is 30.3. The van der Waals surface area contributed by atoms with Crippen molar-refractivity contribution in [1.29, 1.82) is 0 Å². The summed E-state index contributed by atoms with van der Waals surface area (Å²) in [6.07, 6.45) is 0.0407.